The lowest BCUT2D eigenvalue weighted by Crippen LogP contribution is -1.88. The molecule has 2 heterocycles. The van der Waals surface area contributed by atoms with E-state index in [1.165, 1.54) is 27.1 Å². The third-order valence-electron chi connectivity index (χ3n) is 4.46. The van der Waals surface area contributed by atoms with Crippen molar-refractivity contribution in [1.82, 2.24) is 9.97 Å². The van der Waals surface area contributed by atoms with Gasteiger partial charge in [0.25, 0.3) is 0 Å². The molecule has 2 nitrogen and oxygen atoms in total. The van der Waals surface area contributed by atoms with E-state index in [9.17, 15) is 0 Å². The van der Waals surface area contributed by atoms with Crippen LogP contribution in [0.2, 0.25) is 0 Å². The van der Waals surface area contributed by atoms with Gasteiger partial charge in [-0.3, -0.25) is 0 Å². The molecule has 0 radical (unpaired) electrons. The molecule has 2 aromatic carbocycles. The maximum absolute atomic E-state index is 4.59. The van der Waals surface area contributed by atoms with E-state index >= 15 is 0 Å². The standard InChI is InChI=1S/C22H20N2S2/c1-14(2)16-6-8-17(9-7-16)19-12-25-21-20(19)22(24-13-23-21)26-18-10-4-15(3)5-11-18/h4-14H,1-3H3. The van der Waals surface area contributed by atoms with Gasteiger partial charge in [0, 0.05) is 15.8 Å². The van der Waals surface area contributed by atoms with Crippen LogP contribution in [0.3, 0.4) is 0 Å². The summed E-state index contributed by atoms with van der Waals surface area (Å²) >= 11 is 3.38. The molecule has 26 heavy (non-hydrogen) atoms. The highest BCUT2D eigenvalue weighted by atomic mass is 32.2. The molecule has 0 saturated heterocycles. The van der Waals surface area contributed by atoms with Crippen molar-refractivity contribution in [2.24, 2.45) is 0 Å². The first-order chi connectivity index (χ1) is 12.6. The zero-order valence-corrected chi connectivity index (χ0v) is 16.7. The molecule has 0 aliphatic carbocycles. The number of aromatic nitrogens is 2. The molecule has 130 valence electrons. The van der Waals surface area contributed by atoms with Crippen LogP contribution in [-0.4, -0.2) is 9.97 Å². The molecule has 0 fully saturated rings. The molecule has 0 aliphatic rings. The lowest BCUT2D eigenvalue weighted by molar-refractivity contribution is 0.867. The van der Waals surface area contributed by atoms with Gasteiger partial charge in [0.05, 0.1) is 5.39 Å². The largest absolute Gasteiger partial charge is 0.229 e. The van der Waals surface area contributed by atoms with E-state index in [0.29, 0.717) is 5.92 Å². The van der Waals surface area contributed by atoms with E-state index in [2.05, 4.69) is 84.7 Å². The lowest BCUT2D eigenvalue weighted by Gasteiger charge is -2.08. The molecule has 0 atom stereocenters. The number of benzene rings is 2. The van der Waals surface area contributed by atoms with Crippen molar-refractivity contribution in [2.45, 2.75) is 36.6 Å². The number of fused-ring (bicyclic) bond motifs is 1. The van der Waals surface area contributed by atoms with Gasteiger partial charge in [0.1, 0.15) is 16.2 Å². The van der Waals surface area contributed by atoms with Gasteiger partial charge in [-0.15, -0.1) is 11.3 Å². The van der Waals surface area contributed by atoms with Crippen molar-refractivity contribution >= 4 is 33.3 Å². The third-order valence-corrected chi connectivity index (χ3v) is 6.36. The average molecular weight is 377 g/mol. The van der Waals surface area contributed by atoms with E-state index in [-0.39, 0.29) is 0 Å². The van der Waals surface area contributed by atoms with Crippen LogP contribution < -0.4 is 0 Å². The molecular weight excluding hydrogens is 356 g/mol. The summed E-state index contributed by atoms with van der Waals surface area (Å²) in [7, 11) is 0. The topological polar surface area (TPSA) is 25.8 Å². The normalized spacial score (nSPS) is 11.4. The Labute approximate surface area is 162 Å². The zero-order chi connectivity index (χ0) is 18.1. The van der Waals surface area contributed by atoms with Gasteiger partial charge in [-0.1, -0.05) is 67.6 Å². The summed E-state index contributed by atoms with van der Waals surface area (Å²) in [6.07, 6.45) is 1.67. The highest BCUT2D eigenvalue weighted by molar-refractivity contribution is 7.99. The molecule has 4 rings (SSSR count). The van der Waals surface area contributed by atoms with Gasteiger partial charge in [-0.2, -0.15) is 0 Å². The number of hydrogen-bond donors (Lipinski definition) is 0. The van der Waals surface area contributed by atoms with Gasteiger partial charge >= 0.3 is 0 Å². The van der Waals surface area contributed by atoms with Gasteiger partial charge < -0.3 is 0 Å². The van der Waals surface area contributed by atoms with Crippen molar-refractivity contribution in [2.75, 3.05) is 0 Å². The second-order valence-electron chi connectivity index (χ2n) is 6.70. The molecule has 0 bridgehead atoms. The maximum Gasteiger partial charge on any atom is 0.128 e. The summed E-state index contributed by atoms with van der Waals surface area (Å²) in [4.78, 5) is 11.3. The van der Waals surface area contributed by atoms with Crippen LogP contribution in [-0.2, 0) is 0 Å². The van der Waals surface area contributed by atoms with E-state index in [0.717, 1.165) is 15.2 Å². The van der Waals surface area contributed by atoms with Crippen LogP contribution in [0.15, 0.2) is 70.2 Å². The summed E-state index contributed by atoms with van der Waals surface area (Å²) < 4.78 is 0. The fourth-order valence-electron chi connectivity index (χ4n) is 2.90. The Bertz CT molecular complexity index is 1030. The van der Waals surface area contributed by atoms with Crippen LogP contribution in [0.4, 0.5) is 0 Å². The quantitative estimate of drug-likeness (QED) is 0.361. The molecule has 0 aliphatic heterocycles. The number of hydrogen-bond acceptors (Lipinski definition) is 4. The molecule has 0 saturated carbocycles. The van der Waals surface area contributed by atoms with Crippen molar-refractivity contribution in [3.63, 3.8) is 0 Å². The van der Waals surface area contributed by atoms with E-state index in [1.807, 2.05) is 0 Å². The molecule has 4 heteroatoms. The summed E-state index contributed by atoms with van der Waals surface area (Å²) in [5.41, 5.74) is 5.07. The van der Waals surface area contributed by atoms with Crippen molar-refractivity contribution in [3.05, 3.63) is 71.4 Å². The van der Waals surface area contributed by atoms with Crippen molar-refractivity contribution in [1.29, 1.82) is 0 Å². The van der Waals surface area contributed by atoms with Crippen LogP contribution >= 0.6 is 23.1 Å². The minimum Gasteiger partial charge on any atom is -0.229 e. The van der Waals surface area contributed by atoms with Gasteiger partial charge in [0.15, 0.2) is 0 Å². The number of aryl methyl sites for hydroxylation is 1. The summed E-state index contributed by atoms with van der Waals surface area (Å²) in [6.45, 7) is 6.55. The molecule has 4 aromatic rings. The number of rotatable bonds is 4. The monoisotopic (exact) mass is 376 g/mol. The van der Waals surface area contributed by atoms with Gasteiger partial charge in [0.2, 0.25) is 0 Å². The molecular formula is C22H20N2S2. The van der Waals surface area contributed by atoms with E-state index in [4.69, 9.17) is 0 Å². The molecule has 0 amide bonds. The second kappa shape index (κ2) is 7.22. The molecule has 0 N–H and O–H groups in total. The molecule has 0 unspecified atom stereocenters. The summed E-state index contributed by atoms with van der Waals surface area (Å²) in [5.74, 6) is 0.541. The SMILES string of the molecule is Cc1ccc(Sc2ncnc3scc(-c4ccc(C(C)C)cc4)c23)cc1. The Balaban J connectivity index is 1.77. The zero-order valence-electron chi connectivity index (χ0n) is 15.1. The first-order valence-electron chi connectivity index (χ1n) is 8.69. The van der Waals surface area contributed by atoms with E-state index in [1.54, 1.807) is 29.4 Å². The van der Waals surface area contributed by atoms with Gasteiger partial charge in [-0.05, 0) is 36.1 Å². The predicted molar refractivity (Wildman–Crippen MR) is 112 cm³/mol. The Morgan fingerprint density at radius 1 is 0.923 bits per heavy atom. The minimum absolute atomic E-state index is 0.541. The van der Waals surface area contributed by atoms with Crippen LogP contribution in [0.5, 0.6) is 0 Å². The Hall–Kier alpha value is -2.17. The Morgan fingerprint density at radius 3 is 2.35 bits per heavy atom. The lowest BCUT2D eigenvalue weighted by atomic mass is 9.99. The van der Waals surface area contributed by atoms with Crippen molar-refractivity contribution < 1.29 is 0 Å². The maximum atomic E-state index is 4.59. The first kappa shape index (κ1) is 17.3. The third kappa shape index (κ3) is 3.39. The fourth-order valence-corrected chi connectivity index (χ4v) is 4.79. The van der Waals surface area contributed by atoms with Gasteiger partial charge in [-0.25, -0.2) is 9.97 Å². The number of nitrogens with zero attached hydrogens (tertiary/aromatic N) is 2. The van der Waals surface area contributed by atoms with E-state index < -0.39 is 0 Å². The van der Waals surface area contributed by atoms with Crippen LogP contribution in [0, 0.1) is 6.92 Å². The fraction of sp³-hybridized carbons (Fsp3) is 0.182. The summed E-state index contributed by atoms with van der Waals surface area (Å²) in [6, 6.07) is 17.4. The second-order valence-corrected chi connectivity index (χ2v) is 8.62. The predicted octanol–water partition coefficient (Wildman–Crippen LogP) is 6.94. The van der Waals surface area contributed by atoms with Crippen LogP contribution in [0.25, 0.3) is 21.3 Å². The molecule has 2 aromatic heterocycles. The minimum atomic E-state index is 0.541. The first-order valence-corrected chi connectivity index (χ1v) is 10.4. The highest BCUT2D eigenvalue weighted by Gasteiger charge is 2.14. The average Bonchev–Trinajstić information content (AvgIpc) is 3.09. The van der Waals surface area contributed by atoms with Crippen LogP contribution in [0.1, 0.15) is 30.9 Å². The smallest absolute Gasteiger partial charge is 0.128 e. The number of thiophene rings is 1. The highest BCUT2D eigenvalue weighted by Crippen LogP contribution is 2.40. The molecule has 0 spiro atoms. The summed E-state index contributed by atoms with van der Waals surface area (Å²) in [5, 5.41) is 4.37. The Morgan fingerprint density at radius 2 is 1.65 bits per heavy atom. The Kier molecular flexibility index (Phi) is 4.79. The van der Waals surface area contributed by atoms with Crippen molar-refractivity contribution in [3.8, 4) is 11.1 Å².